The van der Waals surface area contributed by atoms with Crippen molar-refractivity contribution in [3.05, 3.63) is 0 Å². The van der Waals surface area contributed by atoms with Crippen LogP contribution in [0.3, 0.4) is 0 Å². The first kappa shape index (κ1) is 24.0. The number of piperidine rings is 1. The number of halogens is 1. The summed E-state index contributed by atoms with van der Waals surface area (Å²) in [6.07, 6.45) is 6.72. The number of aliphatic imine (C=N–C) groups is 1. The van der Waals surface area contributed by atoms with Gasteiger partial charge in [0.05, 0.1) is 0 Å². The average molecular weight is 493 g/mol. The van der Waals surface area contributed by atoms with E-state index in [0.29, 0.717) is 12.0 Å². The molecule has 1 aliphatic carbocycles. The summed E-state index contributed by atoms with van der Waals surface area (Å²) >= 11 is 0. The van der Waals surface area contributed by atoms with Crippen LogP contribution in [0.1, 0.15) is 52.4 Å². The van der Waals surface area contributed by atoms with Gasteiger partial charge in [0, 0.05) is 46.2 Å². The number of hydrogen-bond acceptors (Lipinski definition) is 3. The lowest BCUT2D eigenvalue weighted by Crippen LogP contribution is -2.53. The van der Waals surface area contributed by atoms with E-state index >= 15 is 0 Å². The van der Waals surface area contributed by atoms with E-state index in [2.05, 4.69) is 22.5 Å². The van der Waals surface area contributed by atoms with Crippen molar-refractivity contribution < 1.29 is 9.59 Å². The minimum absolute atomic E-state index is 0. The van der Waals surface area contributed by atoms with Gasteiger partial charge in [-0.2, -0.15) is 0 Å². The summed E-state index contributed by atoms with van der Waals surface area (Å²) < 4.78 is 0. The molecule has 0 aromatic heterocycles. The number of rotatable bonds is 4. The number of hydrogen-bond donors (Lipinski definition) is 2. The molecular formula is C19H36IN5O2. The Morgan fingerprint density at radius 3 is 2.26 bits per heavy atom. The number of likely N-dealkylation sites (N-methyl/N-ethyl adjacent to an activating group) is 1. The summed E-state index contributed by atoms with van der Waals surface area (Å²) in [4.78, 5) is 31.4. The van der Waals surface area contributed by atoms with Gasteiger partial charge in [-0.15, -0.1) is 24.0 Å². The van der Waals surface area contributed by atoms with E-state index in [9.17, 15) is 9.59 Å². The number of nitrogens with zero attached hydrogens (tertiary/aromatic N) is 3. The van der Waals surface area contributed by atoms with Crippen LogP contribution >= 0.6 is 24.0 Å². The Hall–Kier alpha value is -1.06. The van der Waals surface area contributed by atoms with Crippen LogP contribution < -0.4 is 10.6 Å². The van der Waals surface area contributed by atoms with Crippen molar-refractivity contribution in [2.75, 3.05) is 33.7 Å². The van der Waals surface area contributed by atoms with Gasteiger partial charge in [0.2, 0.25) is 11.8 Å². The van der Waals surface area contributed by atoms with Gasteiger partial charge in [0.1, 0.15) is 6.54 Å². The SMILES string of the molecule is CC(=O)N1CCC(NC(=NCC(=O)N(C)C)NC2CCCCC2C)CC1.I. The molecule has 8 heteroatoms. The Bertz CT molecular complexity index is 518. The molecule has 2 rings (SSSR count). The fraction of sp³-hybridized carbons (Fsp3) is 0.842. The number of nitrogens with one attached hydrogen (secondary N) is 2. The van der Waals surface area contributed by atoms with Crippen molar-refractivity contribution in [2.45, 2.75) is 64.5 Å². The molecule has 2 atom stereocenters. The molecule has 0 radical (unpaired) electrons. The lowest BCUT2D eigenvalue weighted by atomic mass is 9.86. The largest absolute Gasteiger partial charge is 0.354 e. The first-order valence-corrected chi connectivity index (χ1v) is 9.90. The minimum Gasteiger partial charge on any atom is -0.354 e. The van der Waals surface area contributed by atoms with Crippen LogP contribution in [-0.2, 0) is 9.59 Å². The Labute approximate surface area is 180 Å². The second-order valence-corrected chi connectivity index (χ2v) is 7.89. The summed E-state index contributed by atoms with van der Waals surface area (Å²) in [7, 11) is 3.50. The zero-order valence-electron chi connectivity index (χ0n) is 17.2. The molecule has 2 N–H and O–H groups in total. The molecule has 2 unspecified atom stereocenters. The molecule has 27 heavy (non-hydrogen) atoms. The Morgan fingerprint density at radius 1 is 1.07 bits per heavy atom. The Morgan fingerprint density at radius 2 is 1.70 bits per heavy atom. The minimum atomic E-state index is -0.00538. The molecule has 2 amide bonds. The normalized spacial score (nSPS) is 24.0. The maximum Gasteiger partial charge on any atom is 0.243 e. The van der Waals surface area contributed by atoms with Crippen LogP contribution in [0.5, 0.6) is 0 Å². The van der Waals surface area contributed by atoms with Gasteiger partial charge >= 0.3 is 0 Å². The maximum atomic E-state index is 11.9. The molecule has 2 fully saturated rings. The predicted octanol–water partition coefficient (Wildman–Crippen LogP) is 1.82. The summed E-state index contributed by atoms with van der Waals surface area (Å²) in [5, 5.41) is 7.08. The Balaban J connectivity index is 0.00000364. The zero-order chi connectivity index (χ0) is 19.1. The van der Waals surface area contributed by atoms with Crippen molar-refractivity contribution in [2.24, 2.45) is 10.9 Å². The van der Waals surface area contributed by atoms with E-state index in [1.165, 1.54) is 19.3 Å². The second kappa shape index (κ2) is 11.7. The maximum absolute atomic E-state index is 11.9. The van der Waals surface area contributed by atoms with E-state index in [1.807, 2.05) is 4.90 Å². The van der Waals surface area contributed by atoms with Crippen LogP contribution in [-0.4, -0.2) is 73.4 Å². The zero-order valence-corrected chi connectivity index (χ0v) is 19.5. The fourth-order valence-corrected chi connectivity index (χ4v) is 3.66. The van der Waals surface area contributed by atoms with Crippen molar-refractivity contribution in [1.82, 2.24) is 20.4 Å². The van der Waals surface area contributed by atoms with E-state index in [1.54, 1.807) is 25.9 Å². The molecule has 0 aromatic carbocycles. The van der Waals surface area contributed by atoms with Crippen LogP contribution in [0.4, 0.5) is 0 Å². The highest BCUT2D eigenvalue weighted by molar-refractivity contribution is 14.0. The molecule has 156 valence electrons. The quantitative estimate of drug-likeness (QED) is 0.356. The van der Waals surface area contributed by atoms with E-state index < -0.39 is 0 Å². The van der Waals surface area contributed by atoms with Crippen molar-refractivity contribution >= 4 is 41.8 Å². The van der Waals surface area contributed by atoms with Gasteiger partial charge in [0.15, 0.2) is 5.96 Å². The smallest absolute Gasteiger partial charge is 0.243 e. The van der Waals surface area contributed by atoms with Gasteiger partial charge in [-0.05, 0) is 31.6 Å². The predicted molar refractivity (Wildman–Crippen MR) is 119 cm³/mol. The van der Waals surface area contributed by atoms with Gasteiger partial charge in [-0.25, -0.2) is 4.99 Å². The van der Waals surface area contributed by atoms with Crippen molar-refractivity contribution in [1.29, 1.82) is 0 Å². The number of amides is 2. The van der Waals surface area contributed by atoms with Gasteiger partial charge < -0.3 is 20.4 Å². The Kier molecular flexibility index (Phi) is 10.4. The van der Waals surface area contributed by atoms with E-state index in [-0.39, 0.29) is 48.4 Å². The van der Waals surface area contributed by atoms with Crippen molar-refractivity contribution in [3.8, 4) is 0 Å². The van der Waals surface area contributed by atoms with E-state index in [0.717, 1.165) is 38.3 Å². The molecule has 0 aromatic rings. The molecule has 2 aliphatic rings. The molecule has 1 saturated heterocycles. The van der Waals surface area contributed by atoms with Crippen LogP contribution in [0.2, 0.25) is 0 Å². The van der Waals surface area contributed by atoms with Gasteiger partial charge in [-0.1, -0.05) is 19.8 Å². The first-order chi connectivity index (χ1) is 12.4. The fourth-order valence-electron chi connectivity index (χ4n) is 3.66. The molecule has 0 spiro atoms. The summed E-state index contributed by atoms with van der Waals surface area (Å²) in [6.45, 7) is 5.60. The topological polar surface area (TPSA) is 77.0 Å². The summed E-state index contributed by atoms with van der Waals surface area (Å²) in [5.74, 6) is 1.48. The molecule has 0 bridgehead atoms. The highest BCUT2D eigenvalue weighted by atomic mass is 127. The molecular weight excluding hydrogens is 457 g/mol. The van der Waals surface area contributed by atoms with Gasteiger partial charge in [0.25, 0.3) is 0 Å². The van der Waals surface area contributed by atoms with Crippen molar-refractivity contribution in [3.63, 3.8) is 0 Å². The highest BCUT2D eigenvalue weighted by Crippen LogP contribution is 2.23. The third-order valence-electron chi connectivity index (χ3n) is 5.59. The highest BCUT2D eigenvalue weighted by Gasteiger charge is 2.25. The summed E-state index contributed by atoms with van der Waals surface area (Å²) in [5.41, 5.74) is 0. The average Bonchev–Trinajstić information content (AvgIpc) is 2.61. The number of carbonyl (C=O) groups excluding carboxylic acids is 2. The van der Waals surface area contributed by atoms with Gasteiger partial charge in [-0.3, -0.25) is 9.59 Å². The number of guanidine groups is 1. The molecule has 1 saturated carbocycles. The molecule has 1 aliphatic heterocycles. The third kappa shape index (κ3) is 7.83. The number of likely N-dealkylation sites (tertiary alicyclic amines) is 1. The van der Waals surface area contributed by atoms with Crippen LogP contribution in [0.25, 0.3) is 0 Å². The third-order valence-corrected chi connectivity index (χ3v) is 5.59. The summed E-state index contributed by atoms with van der Waals surface area (Å²) in [6, 6.07) is 0.687. The second-order valence-electron chi connectivity index (χ2n) is 7.89. The lowest BCUT2D eigenvalue weighted by molar-refractivity contribution is -0.130. The van der Waals surface area contributed by atoms with E-state index in [4.69, 9.17) is 0 Å². The molecule has 7 nitrogen and oxygen atoms in total. The monoisotopic (exact) mass is 493 g/mol. The van der Waals surface area contributed by atoms with Crippen LogP contribution in [0.15, 0.2) is 4.99 Å². The first-order valence-electron chi connectivity index (χ1n) is 9.90. The lowest BCUT2D eigenvalue weighted by Gasteiger charge is -2.35. The number of carbonyl (C=O) groups is 2. The molecule has 1 heterocycles. The van der Waals surface area contributed by atoms with Crippen LogP contribution in [0, 0.1) is 5.92 Å². The standard InChI is InChI=1S/C19H35N5O2.HI/c1-14-7-5-6-8-17(14)22-19(20-13-18(26)23(3)4)21-16-9-11-24(12-10-16)15(2)25;/h14,16-17H,5-13H2,1-4H3,(H2,20,21,22);1H.